The number of hydrogen-bond donors (Lipinski definition) is 0. The van der Waals surface area contributed by atoms with Crippen molar-refractivity contribution in [3.63, 3.8) is 0 Å². The Morgan fingerprint density at radius 1 is 1.05 bits per heavy atom. The Morgan fingerprint density at radius 3 is 2.05 bits per heavy atom. The summed E-state index contributed by atoms with van der Waals surface area (Å²) in [5.74, 6) is -1.97. The third-order valence-corrected chi connectivity index (χ3v) is 2.48. The molecule has 0 aromatic carbocycles. The highest BCUT2D eigenvalue weighted by Gasteiger charge is 2.50. The molecular weight excluding hydrogens is 286 g/mol. The van der Waals surface area contributed by atoms with E-state index < -0.39 is 42.5 Å². The van der Waals surface area contributed by atoms with Crippen LogP contribution in [0.3, 0.4) is 0 Å². The number of azide groups is 1. The molecule has 0 radical (unpaired) electrons. The van der Waals surface area contributed by atoms with Gasteiger partial charge in [0.1, 0.15) is 6.10 Å². The Hall–Kier alpha value is -2.32. The normalized spacial score (nSPS) is 27.4. The van der Waals surface area contributed by atoms with Gasteiger partial charge in [0.05, 0.1) is 6.54 Å². The van der Waals surface area contributed by atoms with Gasteiger partial charge in [-0.1, -0.05) is 5.11 Å². The lowest BCUT2D eigenvalue weighted by atomic mass is 10.1. The van der Waals surface area contributed by atoms with Crippen LogP contribution in [0.1, 0.15) is 20.8 Å². The van der Waals surface area contributed by atoms with Crippen LogP contribution < -0.4 is 0 Å². The molecule has 1 fully saturated rings. The van der Waals surface area contributed by atoms with Crippen molar-refractivity contribution >= 4 is 17.9 Å². The predicted molar refractivity (Wildman–Crippen MR) is 65.5 cm³/mol. The lowest BCUT2D eigenvalue weighted by Gasteiger charge is -2.22. The van der Waals surface area contributed by atoms with Gasteiger partial charge in [-0.05, 0) is 5.53 Å². The molecule has 0 amide bonds. The maximum absolute atomic E-state index is 11.1. The first-order chi connectivity index (χ1) is 9.85. The molecule has 1 heterocycles. The Bertz CT molecular complexity index is 446. The van der Waals surface area contributed by atoms with E-state index in [1.807, 2.05) is 0 Å². The van der Waals surface area contributed by atoms with E-state index in [4.69, 9.17) is 24.5 Å². The zero-order valence-electron chi connectivity index (χ0n) is 11.7. The highest BCUT2D eigenvalue weighted by atomic mass is 16.7. The van der Waals surface area contributed by atoms with Gasteiger partial charge in [-0.2, -0.15) is 0 Å². The maximum atomic E-state index is 11.1. The van der Waals surface area contributed by atoms with Crippen LogP contribution in [0, 0.1) is 0 Å². The Kier molecular flexibility index (Phi) is 5.94. The van der Waals surface area contributed by atoms with E-state index >= 15 is 0 Å². The Balaban J connectivity index is 2.98. The molecule has 0 aromatic heterocycles. The molecule has 21 heavy (non-hydrogen) atoms. The summed E-state index contributed by atoms with van der Waals surface area (Å²) < 4.78 is 20.2. The fourth-order valence-electron chi connectivity index (χ4n) is 1.86. The van der Waals surface area contributed by atoms with Gasteiger partial charge in [-0.25, -0.2) is 0 Å². The lowest BCUT2D eigenvalue weighted by molar-refractivity contribution is -0.195. The van der Waals surface area contributed by atoms with Gasteiger partial charge in [0, 0.05) is 25.7 Å². The van der Waals surface area contributed by atoms with Gasteiger partial charge in [0.15, 0.2) is 6.10 Å². The first-order valence-corrected chi connectivity index (χ1v) is 6.03. The van der Waals surface area contributed by atoms with Crippen LogP contribution >= 0.6 is 0 Å². The molecule has 1 rings (SSSR count). The average Bonchev–Trinajstić information content (AvgIpc) is 2.63. The summed E-state index contributed by atoms with van der Waals surface area (Å²) in [7, 11) is 0. The molecule has 1 aliphatic rings. The monoisotopic (exact) mass is 301 g/mol. The van der Waals surface area contributed by atoms with E-state index in [0.717, 1.165) is 20.8 Å². The molecule has 0 aromatic rings. The molecular formula is C11H15N3O7. The number of carbonyl (C=O) groups is 3. The molecule has 1 unspecified atom stereocenters. The summed E-state index contributed by atoms with van der Waals surface area (Å²) in [5, 5.41) is 3.32. The largest absolute Gasteiger partial charge is 0.456 e. The second-order valence-electron chi connectivity index (χ2n) is 4.21. The highest BCUT2D eigenvalue weighted by molar-refractivity contribution is 5.68. The minimum Gasteiger partial charge on any atom is -0.456 e. The molecule has 1 aliphatic heterocycles. The molecule has 4 atom stereocenters. The standard InChI is InChI=1S/C11H15N3O7/c1-5(15)18-9-8(4-13-14-12)21-11(20-7(3)17)10(9)19-6(2)16/h8-11H,4H2,1-3H3/t8-,9-,10+,11?/m1/s1. The molecule has 10 heteroatoms. The second kappa shape index (κ2) is 7.46. The predicted octanol–water partition coefficient (Wildman–Crippen LogP) is 0.448. The summed E-state index contributed by atoms with van der Waals surface area (Å²) in [5.41, 5.74) is 8.34. The van der Waals surface area contributed by atoms with Gasteiger partial charge in [0.2, 0.25) is 12.4 Å². The number of ether oxygens (including phenoxy) is 4. The molecule has 0 bridgehead atoms. The van der Waals surface area contributed by atoms with Crippen LogP contribution in [-0.4, -0.2) is 49.1 Å². The minimum absolute atomic E-state index is 0.177. The smallest absolute Gasteiger partial charge is 0.305 e. The van der Waals surface area contributed by atoms with Crippen LogP contribution in [0.4, 0.5) is 0 Å². The van der Waals surface area contributed by atoms with E-state index in [0.29, 0.717) is 0 Å². The molecule has 1 saturated heterocycles. The summed E-state index contributed by atoms with van der Waals surface area (Å²) in [6.45, 7) is 3.28. The van der Waals surface area contributed by atoms with Crippen molar-refractivity contribution in [2.24, 2.45) is 5.11 Å². The fourth-order valence-corrected chi connectivity index (χ4v) is 1.86. The Labute approximate surface area is 119 Å². The zero-order chi connectivity index (χ0) is 16.0. The topological polar surface area (TPSA) is 137 Å². The van der Waals surface area contributed by atoms with Gasteiger partial charge in [0.25, 0.3) is 0 Å². The second-order valence-corrected chi connectivity index (χ2v) is 4.21. The lowest BCUT2D eigenvalue weighted by Crippen LogP contribution is -2.41. The quantitative estimate of drug-likeness (QED) is 0.236. The zero-order valence-corrected chi connectivity index (χ0v) is 11.7. The van der Waals surface area contributed by atoms with Crippen LogP contribution in [0.25, 0.3) is 10.4 Å². The van der Waals surface area contributed by atoms with E-state index in [2.05, 4.69) is 10.0 Å². The summed E-state index contributed by atoms with van der Waals surface area (Å²) in [6, 6.07) is 0. The number of nitrogens with zero attached hydrogens (tertiary/aromatic N) is 3. The third-order valence-electron chi connectivity index (χ3n) is 2.48. The van der Waals surface area contributed by atoms with Crippen LogP contribution in [0.2, 0.25) is 0 Å². The Morgan fingerprint density at radius 2 is 1.57 bits per heavy atom. The van der Waals surface area contributed by atoms with Crippen molar-refractivity contribution in [2.45, 2.75) is 45.4 Å². The third kappa shape index (κ3) is 4.93. The first kappa shape index (κ1) is 16.7. The number of carbonyl (C=O) groups excluding carboxylic acids is 3. The van der Waals surface area contributed by atoms with Crippen molar-refractivity contribution < 1.29 is 33.3 Å². The number of rotatable bonds is 5. The van der Waals surface area contributed by atoms with Crippen molar-refractivity contribution in [3.8, 4) is 0 Å². The molecule has 0 aliphatic carbocycles. The molecule has 0 saturated carbocycles. The van der Waals surface area contributed by atoms with Crippen molar-refractivity contribution in [1.29, 1.82) is 0 Å². The van der Waals surface area contributed by atoms with Crippen LogP contribution in [0.15, 0.2) is 5.11 Å². The van der Waals surface area contributed by atoms with Crippen LogP contribution in [0.5, 0.6) is 0 Å². The van der Waals surface area contributed by atoms with Gasteiger partial charge < -0.3 is 18.9 Å². The molecule has 0 spiro atoms. The first-order valence-electron chi connectivity index (χ1n) is 6.03. The fraction of sp³-hybridized carbons (Fsp3) is 0.727. The van der Waals surface area contributed by atoms with Gasteiger partial charge >= 0.3 is 17.9 Å². The van der Waals surface area contributed by atoms with Crippen molar-refractivity contribution in [1.82, 2.24) is 0 Å². The van der Waals surface area contributed by atoms with E-state index in [9.17, 15) is 14.4 Å². The minimum atomic E-state index is -1.24. The van der Waals surface area contributed by atoms with E-state index in [1.165, 1.54) is 0 Å². The highest BCUT2D eigenvalue weighted by Crippen LogP contribution is 2.28. The average molecular weight is 301 g/mol. The number of esters is 3. The van der Waals surface area contributed by atoms with Crippen molar-refractivity contribution in [2.75, 3.05) is 6.54 Å². The molecule has 10 nitrogen and oxygen atoms in total. The molecule has 116 valence electrons. The van der Waals surface area contributed by atoms with Gasteiger partial charge in [-0.15, -0.1) is 0 Å². The molecule has 0 N–H and O–H groups in total. The van der Waals surface area contributed by atoms with Crippen molar-refractivity contribution in [3.05, 3.63) is 10.4 Å². The van der Waals surface area contributed by atoms with E-state index in [1.54, 1.807) is 0 Å². The number of hydrogen-bond acceptors (Lipinski definition) is 8. The van der Waals surface area contributed by atoms with Gasteiger partial charge in [-0.3, -0.25) is 14.4 Å². The van der Waals surface area contributed by atoms with Crippen LogP contribution in [-0.2, 0) is 33.3 Å². The summed E-state index contributed by atoms with van der Waals surface area (Å²) >= 11 is 0. The summed E-state index contributed by atoms with van der Waals surface area (Å²) in [4.78, 5) is 35.9. The van der Waals surface area contributed by atoms with E-state index in [-0.39, 0.29) is 6.54 Å². The summed E-state index contributed by atoms with van der Waals surface area (Å²) in [6.07, 6.45) is -4.30. The maximum Gasteiger partial charge on any atom is 0.305 e. The SMILES string of the molecule is CC(=O)OC1O[C@H](CN=[N+]=[N-])[C@@H](OC(C)=O)[C@@H]1OC(C)=O.